The highest BCUT2D eigenvalue weighted by molar-refractivity contribution is 7.89. The van der Waals surface area contributed by atoms with Crippen molar-refractivity contribution in [3.63, 3.8) is 0 Å². The van der Waals surface area contributed by atoms with Gasteiger partial charge in [-0.2, -0.15) is 18.4 Å². The van der Waals surface area contributed by atoms with E-state index in [4.69, 9.17) is 23.7 Å². The monoisotopic (exact) mass is 494 g/mol. The number of nitrogens with one attached hydrogen (secondary N) is 1. The number of rotatable bonds is 12. The molecule has 0 aliphatic carbocycles. The number of esters is 1. The van der Waals surface area contributed by atoms with Crippen LogP contribution >= 0.6 is 0 Å². The summed E-state index contributed by atoms with van der Waals surface area (Å²) < 4.78 is 52.3. The average molecular weight is 495 g/mol. The first-order chi connectivity index (χ1) is 16.2. The minimum absolute atomic E-state index is 0.0574. The maximum Gasteiger partial charge on any atom is 0.305 e. The number of hydrogen-bond acceptors (Lipinski definition) is 9. The van der Waals surface area contributed by atoms with Gasteiger partial charge in [0.1, 0.15) is 5.75 Å². The summed E-state index contributed by atoms with van der Waals surface area (Å²) in [6.07, 6.45) is 0.643. The van der Waals surface area contributed by atoms with E-state index in [1.165, 1.54) is 47.7 Å². The van der Waals surface area contributed by atoms with E-state index < -0.39 is 16.0 Å². The Bertz CT molecular complexity index is 1130. The molecule has 0 aliphatic heterocycles. The average Bonchev–Trinajstić information content (AvgIpc) is 2.84. The third-order valence-electron chi connectivity index (χ3n) is 4.96. The summed E-state index contributed by atoms with van der Waals surface area (Å²) in [6.45, 7) is 1.86. The number of hydrogen-bond donors (Lipinski definition) is 1. The maximum atomic E-state index is 12.8. The van der Waals surface area contributed by atoms with Crippen molar-refractivity contribution >= 4 is 21.7 Å². The second-order valence-corrected chi connectivity index (χ2v) is 8.78. The zero-order chi connectivity index (χ0) is 25.3. The van der Waals surface area contributed by atoms with Crippen molar-refractivity contribution in [1.82, 2.24) is 4.83 Å². The number of hydrazone groups is 1. The second kappa shape index (κ2) is 12.1. The highest BCUT2D eigenvalue weighted by Gasteiger charge is 2.26. The molecule has 0 radical (unpaired) electrons. The van der Waals surface area contributed by atoms with Crippen LogP contribution in [0.5, 0.6) is 23.0 Å². The first kappa shape index (κ1) is 26.8. The minimum Gasteiger partial charge on any atom is -0.496 e. The van der Waals surface area contributed by atoms with Crippen molar-refractivity contribution in [1.29, 1.82) is 0 Å². The molecule has 2 aromatic carbocycles. The normalized spacial score (nSPS) is 11.5. The summed E-state index contributed by atoms with van der Waals surface area (Å²) in [5.41, 5.74) is 1.55. The Hall–Kier alpha value is -3.47. The predicted molar refractivity (Wildman–Crippen MR) is 127 cm³/mol. The molecule has 0 aromatic heterocycles. The first-order valence-electron chi connectivity index (χ1n) is 10.3. The van der Waals surface area contributed by atoms with Crippen LogP contribution in [0.25, 0.3) is 0 Å². The highest BCUT2D eigenvalue weighted by atomic mass is 32.2. The molecule has 0 amide bonds. The molecule has 11 heteroatoms. The number of nitrogens with zero attached hydrogens (tertiary/aromatic N) is 1. The quantitative estimate of drug-likeness (QED) is 0.271. The van der Waals surface area contributed by atoms with Gasteiger partial charge in [-0.15, -0.1) is 0 Å². The van der Waals surface area contributed by atoms with E-state index in [9.17, 15) is 13.2 Å². The van der Waals surface area contributed by atoms with Crippen LogP contribution in [-0.4, -0.2) is 55.6 Å². The zero-order valence-electron chi connectivity index (χ0n) is 20.1. The van der Waals surface area contributed by atoms with Crippen LogP contribution in [0, 0.1) is 6.92 Å². The summed E-state index contributed by atoms with van der Waals surface area (Å²) in [5.74, 6) is 0.800. The lowest BCUT2D eigenvalue weighted by molar-refractivity contribution is -0.140. The SMILES string of the molecule is COC(=O)CCCC(=NNS(=O)(=O)c1ccc(C)cc1)c1c(OC)cc(OC)c(OC)c1OC. The smallest absolute Gasteiger partial charge is 0.305 e. The number of methoxy groups -OCH3 is 5. The molecule has 0 atom stereocenters. The number of sulfonamides is 1. The van der Waals surface area contributed by atoms with Crippen LogP contribution in [0.2, 0.25) is 0 Å². The lowest BCUT2D eigenvalue weighted by atomic mass is 10.0. The molecule has 0 fully saturated rings. The van der Waals surface area contributed by atoms with Gasteiger partial charge in [0.2, 0.25) is 5.75 Å². The number of ether oxygens (including phenoxy) is 5. The summed E-state index contributed by atoms with van der Waals surface area (Å²) in [5, 5.41) is 4.21. The van der Waals surface area contributed by atoms with Gasteiger partial charge in [-0.3, -0.25) is 4.79 Å². The first-order valence-corrected chi connectivity index (χ1v) is 11.8. The highest BCUT2D eigenvalue weighted by Crippen LogP contribution is 2.45. The van der Waals surface area contributed by atoms with Crippen molar-refractivity contribution in [3.8, 4) is 23.0 Å². The Morgan fingerprint density at radius 1 is 0.882 bits per heavy atom. The zero-order valence-corrected chi connectivity index (χ0v) is 20.9. The molecular weight excluding hydrogens is 464 g/mol. The van der Waals surface area contributed by atoms with Crippen molar-refractivity contribution < 1.29 is 36.9 Å². The molecule has 0 aliphatic rings. The lowest BCUT2D eigenvalue weighted by Crippen LogP contribution is -2.21. The van der Waals surface area contributed by atoms with Crippen LogP contribution in [0.3, 0.4) is 0 Å². The minimum atomic E-state index is -3.96. The molecule has 0 spiro atoms. The van der Waals surface area contributed by atoms with Gasteiger partial charge >= 0.3 is 5.97 Å². The predicted octanol–water partition coefficient (Wildman–Crippen LogP) is 3.06. The lowest BCUT2D eigenvalue weighted by Gasteiger charge is -2.20. The van der Waals surface area contributed by atoms with Gasteiger partial charge in [-0.1, -0.05) is 17.7 Å². The second-order valence-electron chi connectivity index (χ2n) is 7.12. The van der Waals surface area contributed by atoms with E-state index in [-0.39, 0.29) is 34.9 Å². The Morgan fingerprint density at radius 2 is 1.50 bits per heavy atom. The molecule has 10 nitrogen and oxygen atoms in total. The molecule has 34 heavy (non-hydrogen) atoms. The van der Waals surface area contributed by atoms with Crippen LogP contribution in [0.1, 0.15) is 30.4 Å². The van der Waals surface area contributed by atoms with Crippen molar-refractivity contribution in [2.75, 3.05) is 35.5 Å². The van der Waals surface area contributed by atoms with Gasteiger partial charge in [0.15, 0.2) is 11.5 Å². The summed E-state index contributed by atoms with van der Waals surface area (Å²) in [6, 6.07) is 7.94. The van der Waals surface area contributed by atoms with Crippen molar-refractivity contribution in [2.24, 2.45) is 5.10 Å². The fourth-order valence-corrected chi connectivity index (χ4v) is 4.02. The van der Waals surface area contributed by atoms with E-state index in [2.05, 4.69) is 9.93 Å². The van der Waals surface area contributed by atoms with E-state index in [0.717, 1.165) is 5.56 Å². The fourth-order valence-electron chi connectivity index (χ4n) is 3.19. The molecule has 0 saturated carbocycles. The molecule has 0 saturated heterocycles. The number of aryl methyl sites for hydroxylation is 1. The van der Waals surface area contributed by atoms with E-state index in [0.29, 0.717) is 23.5 Å². The Morgan fingerprint density at radius 3 is 2.03 bits per heavy atom. The van der Waals surface area contributed by atoms with Gasteiger partial charge in [0.05, 0.1) is 51.7 Å². The summed E-state index contributed by atoms with van der Waals surface area (Å²) in [4.78, 5) is 14.0. The van der Waals surface area contributed by atoms with Crippen LogP contribution in [-0.2, 0) is 19.6 Å². The topological polar surface area (TPSA) is 122 Å². The van der Waals surface area contributed by atoms with Gasteiger partial charge < -0.3 is 23.7 Å². The Kier molecular flexibility index (Phi) is 9.55. The summed E-state index contributed by atoms with van der Waals surface area (Å²) in [7, 11) is 3.14. The van der Waals surface area contributed by atoms with E-state index in [1.807, 2.05) is 6.92 Å². The van der Waals surface area contributed by atoms with E-state index >= 15 is 0 Å². The Balaban J connectivity index is 2.60. The fraction of sp³-hybridized carbons (Fsp3) is 0.391. The number of carbonyl (C=O) groups excluding carboxylic acids is 1. The standard InChI is InChI=1S/C23H30N2O8S/c1-15-10-12-16(13-11-15)34(27,28)25-24-17(8-7-9-20(26)31-4)21-18(29-2)14-19(30-3)22(32-5)23(21)33-6/h10-14,25H,7-9H2,1-6H3. The molecule has 1 N–H and O–H groups in total. The molecular formula is C23H30N2O8S. The van der Waals surface area contributed by atoms with Crippen molar-refractivity contribution in [3.05, 3.63) is 41.5 Å². The molecule has 186 valence electrons. The van der Waals surface area contributed by atoms with Crippen LogP contribution in [0.15, 0.2) is 40.3 Å². The van der Waals surface area contributed by atoms with Gasteiger partial charge in [0.25, 0.3) is 10.0 Å². The molecule has 0 bridgehead atoms. The number of carbonyl (C=O) groups is 1. The molecule has 0 heterocycles. The third kappa shape index (κ3) is 6.31. The molecule has 0 unspecified atom stereocenters. The Labute approximate surface area is 199 Å². The van der Waals surface area contributed by atoms with E-state index in [1.54, 1.807) is 18.2 Å². The van der Waals surface area contributed by atoms with Gasteiger partial charge in [0, 0.05) is 12.5 Å². The number of benzene rings is 2. The van der Waals surface area contributed by atoms with Crippen molar-refractivity contribution in [2.45, 2.75) is 31.1 Å². The van der Waals surface area contributed by atoms with Gasteiger partial charge in [-0.05, 0) is 31.9 Å². The molecule has 2 aromatic rings. The van der Waals surface area contributed by atoms with Crippen LogP contribution < -0.4 is 23.8 Å². The largest absolute Gasteiger partial charge is 0.496 e. The molecule has 2 rings (SSSR count). The maximum absolute atomic E-state index is 12.8. The van der Waals surface area contributed by atoms with Crippen LogP contribution in [0.4, 0.5) is 0 Å². The van der Waals surface area contributed by atoms with Gasteiger partial charge in [-0.25, -0.2) is 0 Å². The third-order valence-corrected chi connectivity index (χ3v) is 6.18. The summed E-state index contributed by atoms with van der Waals surface area (Å²) >= 11 is 0.